The monoisotopic (exact) mass is 391 g/mol. The Hall–Kier alpha value is -3.12. The van der Waals surface area contributed by atoms with Crippen LogP contribution < -0.4 is 10.2 Å². The first-order valence-electron chi connectivity index (χ1n) is 9.82. The van der Waals surface area contributed by atoms with Crippen molar-refractivity contribution >= 4 is 34.2 Å². The van der Waals surface area contributed by atoms with Gasteiger partial charge in [0.25, 0.3) is 0 Å². The zero-order chi connectivity index (χ0) is 20.5. The van der Waals surface area contributed by atoms with Crippen molar-refractivity contribution in [2.24, 2.45) is 0 Å². The second-order valence-electron chi connectivity index (χ2n) is 7.59. The molecule has 0 radical (unpaired) electrons. The average molecular weight is 391 g/mol. The lowest BCUT2D eigenvalue weighted by atomic mass is 10.1. The van der Waals surface area contributed by atoms with Gasteiger partial charge in [0.2, 0.25) is 11.8 Å². The van der Waals surface area contributed by atoms with Gasteiger partial charge in [-0.05, 0) is 56.3 Å². The lowest BCUT2D eigenvalue weighted by Crippen LogP contribution is -2.32. The van der Waals surface area contributed by atoms with E-state index < -0.39 is 0 Å². The Kier molecular flexibility index (Phi) is 5.11. The van der Waals surface area contributed by atoms with E-state index in [4.69, 9.17) is 4.42 Å². The minimum atomic E-state index is -0.0863. The summed E-state index contributed by atoms with van der Waals surface area (Å²) in [7, 11) is 1.91. The molecule has 0 bridgehead atoms. The van der Waals surface area contributed by atoms with Gasteiger partial charge in [-0.15, -0.1) is 0 Å². The summed E-state index contributed by atoms with van der Waals surface area (Å²) in [6.07, 6.45) is 0.807. The van der Waals surface area contributed by atoms with Gasteiger partial charge in [-0.1, -0.05) is 18.2 Å². The molecule has 6 heteroatoms. The molecule has 0 fully saturated rings. The molecule has 6 nitrogen and oxygen atoms in total. The van der Waals surface area contributed by atoms with Crippen LogP contribution in [0.25, 0.3) is 11.0 Å². The predicted molar refractivity (Wildman–Crippen MR) is 114 cm³/mol. The Labute approximate surface area is 170 Å². The van der Waals surface area contributed by atoms with Crippen molar-refractivity contribution in [1.29, 1.82) is 0 Å². The van der Waals surface area contributed by atoms with Gasteiger partial charge in [0.15, 0.2) is 0 Å². The van der Waals surface area contributed by atoms with E-state index in [1.54, 1.807) is 11.8 Å². The van der Waals surface area contributed by atoms with Gasteiger partial charge in [-0.25, -0.2) is 0 Å². The van der Waals surface area contributed by atoms with E-state index in [2.05, 4.69) is 5.32 Å². The van der Waals surface area contributed by atoms with Crippen LogP contribution in [0.1, 0.15) is 31.2 Å². The van der Waals surface area contributed by atoms with Crippen LogP contribution in [0.4, 0.5) is 11.4 Å². The number of benzene rings is 2. The molecule has 2 amide bonds. The third kappa shape index (κ3) is 3.89. The van der Waals surface area contributed by atoms with Crippen LogP contribution in [0.3, 0.4) is 0 Å². The van der Waals surface area contributed by atoms with Gasteiger partial charge in [-0.3, -0.25) is 14.5 Å². The predicted octanol–water partition coefficient (Wildman–Crippen LogP) is 3.97. The Bertz CT molecular complexity index is 1040. The number of hydrogen-bond acceptors (Lipinski definition) is 4. The summed E-state index contributed by atoms with van der Waals surface area (Å²) in [5.74, 6) is 0.793. The van der Waals surface area contributed by atoms with E-state index in [1.165, 1.54) is 0 Å². The van der Waals surface area contributed by atoms with Crippen LogP contribution in [-0.2, 0) is 16.0 Å². The van der Waals surface area contributed by atoms with Gasteiger partial charge in [0, 0.05) is 30.2 Å². The number of carbonyl (C=O) groups excluding carboxylic acids is 2. The highest BCUT2D eigenvalue weighted by Gasteiger charge is 2.23. The Morgan fingerprint density at radius 2 is 2.00 bits per heavy atom. The summed E-state index contributed by atoms with van der Waals surface area (Å²) in [6.45, 7) is 4.54. The maximum absolute atomic E-state index is 12.6. The number of furan rings is 1. The summed E-state index contributed by atoms with van der Waals surface area (Å²) >= 11 is 0. The quantitative estimate of drug-likeness (QED) is 0.715. The highest BCUT2D eigenvalue weighted by Crippen LogP contribution is 2.31. The van der Waals surface area contributed by atoms with Gasteiger partial charge >= 0.3 is 0 Å². The summed E-state index contributed by atoms with van der Waals surface area (Å²) < 4.78 is 5.92. The molecular formula is C23H25N3O3. The molecular weight excluding hydrogens is 366 g/mol. The molecule has 3 aromatic rings. The van der Waals surface area contributed by atoms with Crippen molar-refractivity contribution in [3.05, 3.63) is 59.9 Å². The van der Waals surface area contributed by atoms with Crippen LogP contribution in [0.2, 0.25) is 0 Å². The first-order valence-corrected chi connectivity index (χ1v) is 9.82. The Morgan fingerprint density at radius 3 is 2.76 bits per heavy atom. The third-order valence-corrected chi connectivity index (χ3v) is 5.55. The molecule has 0 saturated heterocycles. The molecule has 0 aliphatic carbocycles. The molecule has 2 aromatic carbocycles. The van der Waals surface area contributed by atoms with Crippen molar-refractivity contribution in [2.45, 2.75) is 26.3 Å². The van der Waals surface area contributed by atoms with Crippen LogP contribution >= 0.6 is 0 Å². The number of para-hydroxylation sites is 1. The zero-order valence-corrected chi connectivity index (χ0v) is 16.9. The Morgan fingerprint density at radius 1 is 1.21 bits per heavy atom. The van der Waals surface area contributed by atoms with E-state index in [0.29, 0.717) is 6.54 Å². The van der Waals surface area contributed by atoms with E-state index in [-0.39, 0.29) is 24.4 Å². The largest absolute Gasteiger partial charge is 0.459 e. The molecule has 0 unspecified atom stereocenters. The molecule has 0 spiro atoms. The second-order valence-corrected chi connectivity index (χ2v) is 7.59. The summed E-state index contributed by atoms with van der Waals surface area (Å²) in [4.78, 5) is 28.0. The summed E-state index contributed by atoms with van der Waals surface area (Å²) in [5, 5.41) is 4.03. The van der Waals surface area contributed by atoms with E-state index in [1.807, 2.05) is 67.4 Å². The number of likely N-dealkylation sites (N-methyl/N-ethyl adjacent to an activating group) is 1. The minimum absolute atomic E-state index is 0.0303. The van der Waals surface area contributed by atoms with Crippen molar-refractivity contribution in [1.82, 2.24) is 4.90 Å². The fourth-order valence-corrected chi connectivity index (χ4v) is 3.80. The fourth-order valence-electron chi connectivity index (χ4n) is 3.80. The first kappa shape index (κ1) is 19.2. The molecule has 4 rings (SSSR count). The third-order valence-electron chi connectivity index (χ3n) is 5.55. The SMILES string of the molecule is CC(=O)N1CCc2cc(NC(=O)CN(C)[C@H](C)c3cc4ccccc4o3)ccc21. The Balaban J connectivity index is 1.40. The molecule has 1 aliphatic heterocycles. The van der Waals surface area contributed by atoms with Gasteiger partial charge < -0.3 is 14.6 Å². The van der Waals surface area contributed by atoms with Crippen molar-refractivity contribution < 1.29 is 14.0 Å². The van der Waals surface area contributed by atoms with Crippen LogP contribution in [0, 0.1) is 0 Å². The number of hydrogen-bond donors (Lipinski definition) is 1. The minimum Gasteiger partial charge on any atom is -0.459 e. The smallest absolute Gasteiger partial charge is 0.238 e. The molecule has 1 aromatic heterocycles. The standard InChI is InChI=1S/C23H25N3O3/c1-15(22-13-18-6-4-5-7-21(18)29-22)25(3)14-23(28)24-19-8-9-20-17(12-19)10-11-26(20)16(2)27/h4-9,12-13,15H,10-11,14H2,1-3H3,(H,24,28)/t15-/m1/s1. The topological polar surface area (TPSA) is 65.8 Å². The number of amides is 2. The van der Waals surface area contributed by atoms with E-state index in [0.717, 1.165) is 40.1 Å². The maximum atomic E-state index is 12.6. The normalized spacial score (nSPS) is 14.3. The van der Waals surface area contributed by atoms with Crippen LogP contribution in [0.5, 0.6) is 0 Å². The summed E-state index contributed by atoms with van der Waals surface area (Å²) in [5.41, 5.74) is 3.63. The highest BCUT2D eigenvalue weighted by atomic mass is 16.3. The van der Waals surface area contributed by atoms with Gasteiger partial charge in [-0.2, -0.15) is 0 Å². The van der Waals surface area contributed by atoms with Crippen molar-refractivity contribution in [2.75, 3.05) is 30.4 Å². The highest BCUT2D eigenvalue weighted by molar-refractivity contribution is 5.96. The molecule has 2 heterocycles. The van der Waals surface area contributed by atoms with E-state index >= 15 is 0 Å². The lowest BCUT2D eigenvalue weighted by Gasteiger charge is -2.22. The van der Waals surface area contributed by atoms with Gasteiger partial charge in [0.1, 0.15) is 11.3 Å². The first-order chi connectivity index (χ1) is 13.9. The number of fused-ring (bicyclic) bond motifs is 2. The van der Waals surface area contributed by atoms with Gasteiger partial charge in [0.05, 0.1) is 12.6 Å². The van der Waals surface area contributed by atoms with Crippen LogP contribution in [-0.4, -0.2) is 36.9 Å². The second kappa shape index (κ2) is 7.72. The molecule has 1 atom stereocenters. The number of carbonyl (C=O) groups is 2. The molecule has 0 saturated carbocycles. The number of rotatable bonds is 5. The fraction of sp³-hybridized carbons (Fsp3) is 0.304. The van der Waals surface area contributed by atoms with Crippen LogP contribution in [0.15, 0.2) is 52.9 Å². The molecule has 29 heavy (non-hydrogen) atoms. The maximum Gasteiger partial charge on any atom is 0.238 e. The zero-order valence-electron chi connectivity index (χ0n) is 16.9. The van der Waals surface area contributed by atoms with Crippen molar-refractivity contribution in [3.8, 4) is 0 Å². The summed E-state index contributed by atoms with van der Waals surface area (Å²) in [6, 6.07) is 15.6. The number of nitrogens with zero attached hydrogens (tertiary/aromatic N) is 2. The van der Waals surface area contributed by atoms with Crippen molar-refractivity contribution in [3.63, 3.8) is 0 Å². The van der Waals surface area contributed by atoms with E-state index in [9.17, 15) is 9.59 Å². The molecule has 1 N–H and O–H groups in total. The number of nitrogens with one attached hydrogen (secondary N) is 1. The lowest BCUT2D eigenvalue weighted by molar-refractivity contribution is -0.118. The average Bonchev–Trinajstić information content (AvgIpc) is 3.30. The number of anilines is 2. The molecule has 1 aliphatic rings. The molecule has 150 valence electrons.